The molecule has 1 atom stereocenters. The molecule has 0 saturated heterocycles. The summed E-state index contributed by atoms with van der Waals surface area (Å²) in [7, 11) is 1.98. The zero-order valence-corrected chi connectivity index (χ0v) is 10.9. The molecule has 0 spiro atoms. The van der Waals surface area contributed by atoms with Crippen molar-refractivity contribution in [1.29, 1.82) is 5.41 Å². The molecule has 80 valence electrons. The van der Waals surface area contributed by atoms with E-state index in [1.54, 1.807) is 0 Å². The van der Waals surface area contributed by atoms with Crippen LogP contribution >= 0.6 is 0 Å². The zero-order chi connectivity index (χ0) is 10.2. The maximum Gasteiger partial charge on any atom is 0.251 e. The van der Waals surface area contributed by atoms with Crippen LogP contribution in [-0.2, 0) is 0 Å². The summed E-state index contributed by atoms with van der Waals surface area (Å²) in [6.45, 7) is 1.97. The lowest BCUT2D eigenvalue weighted by Gasteiger charge is -2.27. The highest BCUT2D eigenvalue weighted by Crippen LogP contribution is 2.23. The molecule has 0 saturated carbocycles. The Morgan fingerprint density at radius 2 is 1.80 bits per heavy atom. The van der Waals surface area contributed by atoms with Gasteiger partial charge in [0, 0.05) is 18.2 Å². The van der Waals surface area contributed by atoms with Crippen molar-refractivity contribution in [1.82, 2.24) is 10.0 Å². The maximum atomic E-state index is 7.90. The van der Waals surface area contributed by atoms with E-state index in [-0.39, 0.29) is 24.0 Å². The fraction of sp³-hybridized carbons (Fsp3) is 0.182. The minimum atomic E-state index is 0. The summed E-state index contributed by atoms with van der Waals surface area (Å²) in [6.07, 6.45) is 1.85. The van der Waals surface area contributed by atoms with Gasteiger partial charge < -0.3 is 24.0 Å². The first-order valence-electron chi connectivity index (χ1n) is 4.61. The van der Waals surface area contributed by atoms with Crippen molar-refractivity contribution >= 4 is 11.5 Å². The van der Waals surface area contributed by atoms with Crippen molar-refractivity contribution in [3.05, 3.63) is 42.1 Å². The fourth-order valence-electron chi connectivity index (χ4n) is 1.71. The minimum Gasteiger partial charge on any atom is -1.00 e. The van der Waals surface area contributed by atoms with Crippen LogP contribution in [0.5, 0.6) is 0 Å². The van der Waals surface area contributed by atoms with Crippen LogP contribution in [0.3, 0.4) is 0 Å². The summed E-state index contributed by atoms with van der Waals surface area (Å²) in [5.74, 6) is 0.564. The van der Waals surface area contributed by atoms with Crippen LogP contribution in [0.4, 0.5) is 5.69 Å². The van der Waals surface area contributed by atoms with Gasteiger partial charge in [0.15, 0.2) is 5.69 Å². The van der Waals surface area contributed by atoms with E-state index < -0.39 is 0 Å². The van der Waals surface area contributed by atoms with Gasteiger partial charge in [-0.15, -0.1) is 4.59 Å². The molecule has 0 amide bonds. The maximum absolute atomic E-state index is 7.90. The lowest BCUT2D eigenvalue weighted by atomic mass is 10.3. The van der Waals surface area contributed by atoms with E-state index >= 15 is 0 Å². The van der Waals surface area contributed by atoms with Crippen molar-refractivity contribution in [2.24, 2.45) is 0 Å². The van der Waals surface area contributed by atoms with E-state index in [1.807, 2.05) is 50.4 Å². The smallest absolute Gasteiger partial charge is 0.251 e. The first-order chi connectivity index (χ1) is 6.63. The fourth-order valence-corrected chi connectivity index (χ4v) is 1.71. The molecule has 15 heavy (non-hydrogen) atoms. The number of allylic oxidation sites excluding steroid dienone is 1. The molecule has 0 aliphatic carbocycles. The van der Waals surface area contributed by atoms with E-state index in [2.05, 4.69) is 5.43 Å². The highest BCUT2D eigenvalue weighted by molar-refractivity contribution is 6.01. The second-order valence-corrected chi connectivity index (χ2v) is 3.67. The predicted molar refractivity (Wildman–Crippen MR) is 58.8 cm³/mol. The molecule has 1 aromatic rings. The average Bonchev–Trinajstić information content (AvgIpc) is 2.43. The molecule has 0 bridgehead atoms. The van der Waals surface area contributed by atoms with Gasteiger partial charge in [-0.1, -0.05) is 18.2 Å². The first kappa shape index (κ1) is 12.2. The van der Waals surface area contributed by atoms with Gasteiger partial charge in [-0.3, -0.25) is 0 Å². The lowest BCUT2D eigenvalue weighted by Crippen LogP contribution is -3.00. The van der Waals surface area contributed by atoms with Gasteiger partial charge in [-0.05, 0) is 6.92 Å². The highest BCUT2D eigenvalue weighted by atomic mass is 127. The van der Waals surface area contributed by atoms with Gasteiger partial charge in [-0.2, -0.15) is 0 Å². The Morgan fingerprint density at radius 1 is 1.20 bits per heavy atom. The van der Waals surface area contributed by atoms with Gasteiger partial charge in [0.1, 0.15) is 7.05 Å². The summed E-state index contributed by atoms with van der Waals surface area (Å²) < 4.78 is 0.354. The summed E-state index contributed by atoms with van der Waals surface area (Å²) in [4.78, 5) is 0. The minimum absolute atomic E-state index is 0. The third-order valence-corrected chi connectivity index (χ3v) is 2.51. The molecule has 2 rings (SSSR count). The van der Waals surface area contributed by atoms with E-state index in [1.165, 1.54) is 0 Å². The van der Waals surface area contributed by atoms with Crippen molar-refractivity contribution in [2.45, 2.75) is 6.92 Å². The largest absolute Gasteiger partial charge is 1.00 e. The molecule has 1 unspecified atom stereocenters. The standard InChI is InChI=1S/C11H14N3.HI/c1-9-8-11(12)14(2,13-9)10-6-4-3-5-7-10;/h3-8,12-13H,1-2H3;1H/q+1;/p-1. The van der Waals surface area contributed by atoms with Crippen LogP contribution in [0.25, 0.3) is 0 Å². The third-order valence-electron chi connectivity index (χ3n) is 2.51. The van der Waals surface area contributed by atoms with Crippen molar-refractivity contribution in [2.75, 3.05) is 7.05 Å². The summed E-state index contributed by atoms with van der Waals surface area (Å²) in [5, 5.41) is 7.90. The Labute approximate surface area is 107 Å². The number of nitrogens with one attached hydrogen (secondary N) is 2. The Hall–Kier alpha value is -0.880. The van der Waals surface area contributed by atoms with Gasteiger partial charge in [0.2, 0.25) is 0 Å². The Balaban J connectivity index is 0.00000112. The van der Waals surface area contributed by atoms with Crippen LogP contribution in [0.15, 0.2) is 42.1 Å². The van der Waals surface area contributed by atoms with Crippen LogP contribution in [0, 0.1) is 5.41 Å². The topological polar surface area (TPSA) is 35.9 Å². The molecule has 0 radical (unpaired) electrons. The number of quaternary nitrogens is 1. The Morgan fingerprint density at radius 3 is 2.27 bits per heavy atom. The molecule has 2 N–H and O–H groups in total. The number of rotatable bonds is 1. The SMILES string of the molecule is CC1=CC(=N)[N+](C)(c2ccccc2)N1.[I-]. The Kier molecular flexibility index (Phi) is 3.51. The third kappa shape index (κ3) is 2.05. The molecule has 4 heteroatoms. The van der Waals surface area contributed by atoms with Gasteiger partial charge in [0.05, 0.1) is 5.70 Å². The highest BCUT2D eigenvalue weighted by Gasteiger charge is 2.35. The monoisotopic (exact) mass is 315 g/mol. The first-order valence-corrected chi connectivity index (χ1v) is 4.61. The molecule has 1 aliphatic rings. The van der Waals surface area contributed by atoms with Crippen LogP contribution < -0.4 is 34.0 Å². The van der Waals surface area contributed by atoms with Crippen molar-refractivity contribution < 1.29 is 24.0 Å². The lowest BCUT2D eigenvalue weighted by molar-refractivity contribution is -0.00000328. The molecular formula is C11H14IN3. The van der Waals surface area contributed by atoms with Crippen LogP contribution in [0.1, 0.15) is 6.92 Å². The number of hydrogen-bond acceptors (Lipinski definition) is 2. The summed E-state index contributed by atoms with van der Waals surface area (Å²) in [5.41, 5.74) is 5.37. The van der Waals surface area contributed by atoms with Crippen molar-refractivity contribution in [3.8, 4) is 0 Å². The quantitative estimate of drug-likeness (QED) is 0.508. The second-order valence-electron chi connectivity index (χ2n) is 3.67. The number of halogens is 1. The van der Waals surface area contributed by atoms with Gasteiger partial charge in [0.25, 0.3) is 5.84 Å². The summed E-state index contributed by atoms with van der Waals surface area (Å²) in [6, 6.07) is 10.0. The average molecular weight is 315 g/mol. The molecule has 1 heterocycles. The van der Waals surface area contributed by atoms with Gasteiger partial charge in [-0.25, -0.2) is 10.8 Å². The van der Waals surface area contributed by atoms with Crippen molar-refractivity contribution in [3.63, 3.8) is 0 Å². The van der Waals surface area contributed by atoms with E-state index in [0.717, 1.165) is 11.4 Å². The number of amidine groups is 1. The zero-order valence-electron chi connectivity index (χ0n) is 8.79. The second kappa shape index (κ2) is 4.32. The van der Waals surface area contributed by atoms with Crippen LogP contribution in [0.2, 0.25) is 0 Å². The number of benzene rings is 1. The number of likely N-dealkylation sites (N-methyl/N-ethyl adjacent to an activating group) is 1. The Bertz CT molecular complexity index is 400. The normalized spacial score (nSPS) is 24.1. The predicted octanol–water partition coefficient (Wildman–Crippen LogP) is -0.973. The number of para-hydroxylation sites is 1. The number of hydrogen-bond donors (Lipinski definition) is 2. The van der Waals surface area contributed by atoms with E-state index in [4.69, 9.17) is 5.41 Å². The van der Waals surface area contributed by atoms with E-state index in [0.29, 0.717) is 10.4 Å². The molecule has 0 aromatic heterocycles. The number of nitrogens with zero attached hydrogens (tertiary/aromatic N) is 1. The molecule has 3 nitrogen and oxygen atoms in total. The molecular weight excluding hydrogens is 301 g/mol. The van der Waals surface area contributed by atoms with Gasteiger partial charge >= 0.3 is 0 Å². The molecule has 0 fully saturated rings. The molecule has 1 aliphatic heterocycles. The van der Waals surface area contributed by atoms with E-state index in [9.17, 15) is 0 Å². The summed E-state index contributed by atoms with van der Waals surface area (Å²) >= 11 is 0. The van der Waals surface area contributed by atoms with Crippen LogP contribution in [-0.4, -0.2) is 12.9 Å². The molecule has 1 aromatic carbocycles.